The van der Waals surface area contributed by atoms with Crippen molar-refractivity contribution in [1.82, 2.24) is 9.97 Å². The van der Waals surface area contributed by atoms with E-state index >= 15 is 0 Å². The van der Waals surface area contributed by atoms with Crippen LogP contribution in [0.15, 0.2) is 36.4 Å². The third-order valence-electron chi connectivity index (χ3n) is 3.56. The summed E-state index contributed by atoms with van der Waals surface area (Å²) in [7, 11) is 1.39. The summed E-state index contributed by atoms with van der Waals surface area (Å²) in [5.74, 6) is 0.620. The molecule has 124 valence electrons. The minimum Gasteiger partial charge on any atom is -0.490 e. The summed E-state index contributed by atoms with van der Waals surface area (Å²) in [6.45, 7) is 0.559. The van der Waals surface area contributed by atoms with E-state index in [0.717, 1.165) is 5.82 Å². The van der Waals surface area contributed by atoms with E-state index in [1.165, 1.54) is 25.3 Å². The molecule has 1 aromatic heterocycles. The third kappa shape index (κ3) is 3.27. The van der Waals surface area contributed by atoms with Gasteiger partial charge in [0.25, 0.3) is 0 Å². The second-order valence-electron chi connectivity index (χ2n) is 5.17. The highest BCUT2D eigenvalue weighted by atomic mass is 19.1. The molecule has 0 amide bonds. The summed E-state index contributed by atoms with van der Waals surface area (Å²) in [6, 6.07) is 8.99. The molecule has 0 saturated heterocycles. The molecular formula is C16H15FN4O3. The minimum atomic E-state index is -0.490. The van der Waals surface area contributed by atoms with Crippen LogP contribution in [0.1, 0.15) is 5.82 Å². The first-order valence-corrected chi connectivity index (χ1v) is 7.27. The molecule has 3 rings (SSSR count). The van der Waals surface area contributed by atoms with Crippen LogP contribution in [0.2, 0.25) is 0 Å². The highest BCUT2D eigenvalue weighted by molar-refractivity contribution is 5.74. The van der Waals surface area contributed by atoms with Gasteiger partial charge in [-0.2, -0.15) is 0 Å². The molecule has 1 heterocycles. The lowest BCUT2D eigenvalue weighted by molar-refractivity contribution is -0.385. The van der Waals surface area contributed by atoms with E-state index < -0.39 is 4.92 Å². The fourth-order valence-electron chi connectivity index (χ4n) is 2.42. The quantitative estimate of drug-likeness (QED) is 0.534. The van der Waals surface area contributed by atoms with Crippen LogP contribution >= 0.6 is 0 Å². The number of methoxy groups -OCH3 is 1. The molecule has 0 aliphatic heterocycles. The maximum atomic E-state index is 13.2. The second-order valence-corrected chi connectivity index (χ2v) is 5.17. The summed E-state index contributed by atoms with van der Waals surface area (Å²) < 4.78 is 18.2. The van der Waals surface area contributed by atoms with Crippen molar-refractivity contribution in [3.63, 3.8) is 0 Å². The SMILES string of the molecule is COc1cc(NCCc2nc3ccc(F)cc3[nH]2)ccc1[N+](=O)[O-]. The van der Waals surface area contributed by atoms with Crippen LogP contribution in [0, 0.1) is 15.9 Å². The molecule has 0 saturated carbocycles. The van der Waals surface area contributed by atoms with Gasteiger partial charge in [-0.25, -0.2) is 9.37 Å². The Kier molecular flexibility index (Phi) is 4.28. The van der Waals surface area contributed by atoms with Gasteiger partial charge in [0.15, 0.2) is 5.75 Å². The van der Waals surface area contributed by atoms with Gasteiger partial charge < -0.3 is 15.0 Å². The number of imidazole rings is 1. The van der Waals surface area contributed by atoms with E-state index in [1.807, 2.05) is 0 Å². The molecule has 24 heavy (non-hydrogen) atoms. The Balaban J connectivity index is 1.66. The van der Waals surface area contributed by atoms with Crippen LogP contribution in [0.5, 0.6) is 5.75 Å². The number of halogens is 1. The zero-order chi connectivity index (χ0) is 17.1. The number of nitrogens with one attached hydrogen (secondary N) is 2. The standard InChI is InChI=1S/C16H15FN4O3/c1-24-15-9-11(3-5-14(15)21(22)23)18-7-6-16-19-12-4-2-10(17)8-13(12)20-16/h2-5,8-9,18H,6-7H2,1H3,(H,19,20). The number of aromatic nitrogens is 2. The van der Waals surface area contributed by atoms with E-state index in [1.54, 1.807) is 18.2 Å². The number of anilines is 1. The highest BCUT2D eigenvalue weighted by Crippen LogP contribution is 2.29. The lowest BCUT2D eigenvalue weighted by Crippen LogP contribution is -2.06. The summed E-state index contributed by atoms with van der Waals surface area (Å²) in [6.07, 6.45) is 0.593. The number of fused-ring (bicyclic) bond motifs is 1. The normalized spacial score (nSPS) is 10.8. The number of hydrogen-bond acceptors (Lipinski definition) is 5. The molecule has 0 aliphatic rings. The molecule has 0 fully saturated rings. The largest absolute Gasteiger partial charge is 0.490 e. The summed E-state index contributed by atoms with van der Waals surface area (Å²) >= 11 is 0. The predicted octanol–water partition coefficient (Wildman–Crippen LogP) is 3.27. The number of rotatable bonds is 6. The molecule has 0 unspecified atom stereocenters. The van der Waals surface area contributed by atoms with Crippen LogP contribution in [0.3, 0.4) is 0 Å². The molecular weight excluding hydrogens is 315 g/mol. The van der Waals surface area contributed by atoms with Gasteiger partial charge in [-0.3, -0.25) is 10.1 Å². The first-order chi connectivity index (χ1) is 11.6. The number of aromatic amines is 1. The molecule has 8 heteroatoms. The summed E-state index contributed by atoms with van der Waals surface area (Å²) in [4.78, 5) is 17.8. The van der Waals surface area contributed by atoms with Crippen LogP contribution in [0.4, 0.5) is 15.8 Å². The smallest absolute Gasteiger partial charge is 0.311 e. The molecule has 2 N–H and O–H groups in total. The van der Waals surface area contributed by atoms with E-state index in [-0.39, 0.29) is 17.3 Å². The fraction of sp³-hybridized carbons (Fsp3) is 0.188. The Labute approximate surface area is 136 Å². The van der Waals surface area contributed by atoms with Gasteiger partial charge in [0, 0.05) is 30.8 Å². The van der Waals surface area contributed by atoms with Crippen LogP contribution in [-0.4, -0.2) is 28.5 Å². The van der Waals surface area contributed by atoms with Gasteiger partial charge in [-0.15, -0.1) is 0 Å². The average Bonchev–Trinajstić information content (AvgIpc) is 2.96. The molecule has 3 aromatic rings. The Bertz CT molecular complexity index is 894. The van der Waals surface area contributed by atoms with Gasteiger partial charge in [0.1, 0.15) is 11.6 Å². The summed E-state index contributed by atoms with van der Waals surface area (Å²) in [5.41, 5.74) is 1.99. The van der Waals surface area contributed by atoms with Crippen molar-refractivity contribution in [2.24, 2.45) is 0 Å². The monoisotopic (exact) mass is 330 g/mol. The summed E-state index contributed by atoms with van der Waals surface area (Å²) in [5, 5.41) is 14.0. The van der Waals surface area contributed by atoms with Gasteiger partial charge >= 0.3 is 5.69 Å². The number of hydrogen-bond donors (Lipinski definition) is 2. The number of H-pyrrole nitrogens is 1. The lowest BCUT2D eigenvalue weighted by Gasteiger charge is -2.07. The molecule has 0 bridgehead atoms. The van der Waals surface area contributed by atoms with Crippen molar-refractivity contribution in [3.05, 3.63) is 58.2 Å². The maximum absolute atomic E-state index is 13.2. The van der Waals surface area contributed by atoms with Crippen LogP contribution in [0.25, 0.3) is 11.0 Å². The van der Waals surface area contributed by atoms with Crippen LogP contribution in [-0.2, 0) is 6.42 Å². The second kappa shape index (κ2) is 6.53. The Morgan fingerprint density at radius 3 is 2.92 bits per heavy atom. The van der Waals surface area contributed by atoms with Gasteiger partial charge in [0.2, 0.25) is 0 Å². The van der Waals surface area contributed by atoms with Crippen molar-refractivity contribution in [2.75, 3.05) is 19.0 Å². The Hall–Kier alpha value is -3.16. The van der Waals surface area contributed by atoms with Gasteiger partial charge in [0.05, 0.1) is 23.1 Å². The lowest BCUT2D eigenvalue weighted by atomic mass is 10.2. The zero-order valence-corrected chi connectivity index (χ0v) is 12.9. The molecule has 0 spiro atoms. The minimum absolute atomic E-state index is 0.0811. The zero-order valence-electron chi connectivity index (χ0n) is 12.9. The Morgan fingerprint density at radius 1 is 1.33 bits per heavy atom. The fourth-order valence-corrected chi connectivity index (χ4v) is 2.42. The van der Waals surface area contributed by atoms with Crippen molar-refractivity contribution in [1.29, 1.82) is 0 Å². The first-order valence-electron chi connectivity index (χ1n) is 7.27. The van der Waals surface area contributed by atoms with Gasteiger partial charge in [-0.05, 0) is 24.3 Å². The molecule has 2 aromatic carbocycles. The van der Waals surface area contributed by atoms with Crippen molar-refractivity contribution < 1.29 is 14.1 Å². The average molecular weight is 330 g/mol. The maximum Gasteiger partial charge on any atom is 0.311 e. The number of ether oxygens (including phenoxy) is 1. The van der Waals surface area contributed by atoms with E-state index in [2.05, 4.69) is 15.3 Å². The van der Waals surface area contributed by atoms with Crippen molar-refractivity contribution in [3.8, 4) is 5.75 Å². The van der Waals surface area contributed by atoms with Gasteiger partial charge in [-0.1, -0.05) is 0 Å². The molecule has 7 nitrogen and oxygen atoms in total. The highest BCUT2D eigenvalue weighted by Gasteiger charge is 2.14. The van der Waals surface area contributed by atoms with Crippen LogP contribution < -0.4 is 10.1 Å². The van der Waals surface area contributed by atoms with Crippen molar-refractivity contribution in [2.45, 2.75) is 6.42 Å². The molecule has 0 atom stereocenters. The topological polar surface area (TPSA) is 93.1 Å². The third-order valence-corrected chi connectivity index (χ3v) is 3.56. The van der Waals surface area contributed by atoms with E-state index in [4.69, 9.17) is 4.74 Å². The van der Waals surface area contributed by atoms with E-state index in [0.29, 0.717) is 29.7 Å². The number of nitrogens with zero attached hydrogens (tertiary/aromatic N) is 2. The van der Waals surface area contributed by atoms with Crippen molar-refractivity contribution >= 4 is 22.4 Å². The number of nitro benzene ring substituents is 1. The molecule has 0 radical (unpaired) electrons. The predicted molar refractivity (Wildman–Crippen MR) is 87.9 cm³/mol. The first kappa shape index (κ1) is 15.7. The molecule has 0 aliphatic carbocycles. The number of nitro groups is 1. The number of benzene rings is 2. The van der Waals surface area contributed by atoms with E-state index in [9.17, 15) is 14.5 Å². The Morgan fingerprint density at radius 2 is 2.17 bits per heavy atom.